The van der Waals surface area contributed by atoms with Crippen molar-refractivity contribution in [3.05, 3.63) is 42.5 Å². The smallest absolute Gasteiger partial charge is 0.330 e. The summed E-state index contributed by atoms with van der Waals surface area (Å²) in [5.74, 6) is -0.914. The maximum Gasteiger partial charge on any atom is 0.330 e. The molecule has 0 saturated heterocycles. The predicted octanol–water partition coefficient (Wildman–Crippen LogP) is 2.03. The third-order valence-corrected chi connectivity index (χ3v) is 3.01. The number of amides is 2. The van der Waals surface area contributed by atoms with Gasteiger partial charge in [0.15, 0.2) is 0 Å². The van der Waals surface area contributed by atoms with E-state index in [1.807, 2.05) is 30.3 Å². The number of carbonyl (C=O) groups is 3. The first kappa shape index (κ1) is 18.4. The Kier molecular flexibility index (Phi) is 8.81. The molecule has 0 heterocycles. The molecule has 0 aromatic heterocycles. The maximum absolute atomic E-state index is 11.7. The molecule has 2 N–H and O–H groups in total. The van der Waals surface area contributed by atoms with Crippen LogP contribution in [0.25, 0.3) is 0 Å². The van der Waals surface area contributed by atoms with Gasteiger partial charge in [0.25, 0.3) is 0 Å². The number of hydrogen-bond donors (Lipinski definition) is 2. The van der Waals surface area contributed by atoms with Gasteiger partial charge in [0.2, 0.25) is 11.8 Å². The van der Waals surface area contributed by atoms with Crippen LogP contribution in [0.2, 0.25) is 0 Å². The number of carbonyl (C=O) groups excluding carboxylic acids is 3. The number of nitrogens with one attached hydrogen (secondary N) is 2. The first-order chi connectivity index (χ1) is 11.1. The molecule has 1 rings (SSSR count). The summed E-state index contributed by atoms with van der Waals surface area (Å²) in [6.07, 6.45) is 5.03. The van der Waals surface area contributed by atoms with Gasteiger partial charge in [0.05, 0.1) is 7.11 Å². The standard InChI is InChI=1S/C17H22N2O4/c1-23-17(22)12-11-15(20)18-13-7-3-6-10-16(21)19-14-8-4-2-5-9-14/h2,4-5,8-9,11-12H,3,6-7,10,13H2,1H3,(H,18,20)(H,19,21)/b12-11-. The first-order valence-corrected chi connectivity index (χ1v) is 7.50. The van der Waals surface area contributed by atoms with Gasteiger partial charge < -0.3 is 15.4 Å². The van der Waals surface area contributed by atoms with Crippen LogP contribution in [0.4, 0.5) is 5.69 Å². The van der Waals surface area contributed by atoms with Crippen LogP contribution in [0, 0.1) is 0 Å². The number of methoxy groups -OCH3 is 1. The van der Waals surface area contributed by atoms with Crippen molar-refractivity contribution in [1.82, 2.24) is 5.32 Å². The normalized spacial score (nSPS) is 10.3. The number of ether oxygens (including phenoxy) is 1. The Bertz CT molecular complexity index is 541. The molecule has 0 aliphatic carbocycles. The van der Waals surface area contributed by atoms with Crippen molar-refractivity contribution in [1.29, 1.82) is 0 Å². The minimum atomic E-state index is -0.565. The minimum Gasteiger partial charge on any atom is -0.466 e. The zero-order chi connectivity index (χ0) is 16.9. The van der Waals surface area contributed by atoms with Gasteiger partial charge in [-0.3, -0.25) is 9.59 Å². The second-order valence-corrected chi connectivity index (χ2v) is 4.87. The number of esters is 1. The topological polar surface area (TPSA) is 84.5 Å². The van der Waals surface area contributed by atoms with Gasteiger partial charge in [0.1, 0.15) is 0 Å². The van der Waals surface area contributed by atoms with E-state index in [9.17, 15) is 14.4 Å². The highest BCUT2D eigenvalue weighted by Gasteiger charge is 2.02. The molecule has 0 aliphatic heterocycles. The van der Waals surface area contributed by atoms with E-state index in [2.05, 4.69) is 15.4 Å². The van der Waals surface area contributed by atoms with Crippen molar-refractivity contribution in [3.63, 3.8) is 0 Å². The van der Waals surface area contributed by atoms with Crippen LogP contribution in [-0.4, -0.2) is 31.4 Å². The molecule has 124 valence electrons. The molecule has 1 aromatic rings. The summed E-state index contributed by atoms with van der Waals surface area (Å²) < 4.78 is 4.38. The van der Waals surface area contributed by atoms with Crippen LogP contribution in [-0.2, 0) is 19.1 Å². The molecule has 6 nitrogen and oxygen atoms in total. The Balaban J connectivity index is 2.05. The zero-order valence-corrected chi connectivity index (χ0v) is 13.2. The van der Waals surface area contributed by atoms with Crippen molar-refractivity contribution in [2.75, 3.05) is 19.0 Å². The summed E-state index contributed by atoms with van der Waals surface area (Å²) in [5.41, 5.74) is 0.794. The van der Waals surface area contributed by atoms with Crippen LogP contribution in [0.3, 0.4) is 0 Å². The third-order valence-electron chi connectivity index (χ3n) is 3.01. The molecule has 0 atom stereocenters. The van der Waals surface area contributed by atoms with Crippen molar-refractivity contribution >= 4 is 23.5 Å². The van der Waals surface area contributed by atoms with Crippen LogP contribution in [0.5, 0.6) is 0 Å². The number of anilines is 1. The van der Waals surface area contributed by atoms with Crippen molar-refractivity contribution in [2.45, 2.75) is 25.7 Å². The average Bonchev–Trinajstić information content (AvgIpc) is 2.56. The van der Waals surface area contributed by atoms with Gasteiger partial charge >= 0.3 is 5.97 Å². The third kappa shape index (κ3) is 9.08. The van der Waals surface area contributed by atoms with Gasteiger partial charge in [-0.1, -0.05) is 24.6 Å². The van der Waals surface area contributed by atoms with Crippen molar-refractivity contribution in [2.24, 2.45) is 0 Å². The number of para-hydroxylation sites is 1. The molecular weight excluding hydrogens is 296 g/mol. The lowest BCUT2D eigenvalue weighted by atomic mass is 10.2. The Morgan fingerprint density at radius 3 is 2.48 bits per heavy atom. The lowest BCUT2D eigenvalue weighted by molar-refractivity contribution is -0.135. The van der Waals surface area contributed by atoms with Crippen LogP contribution >= 0.6 is 0 Å². The molecule has 0 aliphatic rings. The predicted molar refractivity (Wildman–Crippen MR) is 87.7 cm³/mol. The molecular formula is C17H22N2O4. The Hall–Kier alpha value is -2.63. The second kappa shape index (κ2) is 11.0. The van der Waals surface area contributed by atoms with Crippen molar-refractivity contribution in [3.8, 4) is 0 Å². The number of rotatable bonds is 9. The molecule has 1 aromatic carbocycles. The van der Waals surface area contributed by atoms with Gasteiger partial charge in [-0.2, -0.15) is 0 Å². The van der Waals surface area contributed by atoms with E-state index < -0.39 is 5.97 Å². The van der Waals surface area contributed by atoms with E-state index in [0.717, 1.165) is 37.1 Å². The number of unbranched alkanes of at least 4 members (excludes halogenated alkanes) is 2. The monoisotopic (exact) mass is 318 g/mol. The van der Waals surface area contributed by atoms with Crippen molar-refractivity contribution < 1.29 is 19.1 Å². The second-order valence-electron chi connectivity index (χ2n) is 4.87. The Labute approximate surface area is 135 Å². The van der Waals surface area contributed by atoms with Gasteiger partial charge in [-0.05, 0) is 25.0 Å². The number of hydrogen-bond acceptors (Lipinski definition) is 4. The van der Waals surface area contributed by atoms with E-state index in [1.54, 1.807) is 0 Å². The minimum absolute atomic E-state index is 0.0127. The largest absolute Gasteiger partial charge is 0.466 e. The van der Waals surface area contributed by atoms with Crippen LogP contribution < -0.4 is 10.6 Å². The summed E-state index contributed by atoms with van der Waals surface area (Å²) in [6, 6.07) is 9.31. The summed E-state index contributed by atoms with van der Waals surface area (Å²) in [6.45, 7) is 0.505. The molecule has 0 spiro atoms. The highest BCUT2D eigenvalue weighted by atomic mass is 16.5. The average molecular weight is 318 g/mol. The zero-order valence-electron chi connectivity index (χ0n) is 13.2. The van der Waals surface area contributed by atoms with E-state index in [-0.39, 0.29) is 11.8 Å². The summed E-state index contributed by atoms with van der Waals surface area (Å²) >= 11 is 0. The molecule has 2 amide bonds. The fourth-order valence-electron chi connectivity index (χ4n) is 1.81. The molecule has 0 saturated carbocycles. The Morgan fingerprint density at radius 1 is 1.04 bits per heavy atom. The molecule has 0 radical (unpaired) electrons. The fraction of sp³-hybridized carbons (Fsp3) is 0.353. The SMILES string of the molecule is COC(=O)/C=C\C(=O)NCCCCCC(=O)Nc1ccccc1. The van der Waals surface area contributed by atoms with Gasteiger partial charge in [-0.15, -0.1) is 0 Å². The van der Waals surface area contributed by atoms with E-state index in [0.29, 0.717) is 13.0 Å². The number of benzene rings is 1. The summed E-state index contributed by atoms with van der Waals surface area (Å²) in [5, 5.41) is 5.48. The van der Waals surface area contributed by atoms with E-state index >= 15 is 0 Å². The molecule has 6 heteroatoms. The van der Waals surface area contributed by atoms with E-state index in [4.69, 9.17) is 0 Å². The lowest BCUT2D eigenvalue weighted by Crippen LogP contribution is -2.22. The highest BCUT2D eigenvalue weighted by molar-refractivity contribution is 5.94. The highest BCUT2D eigenvalue weighted by Crippen LogP contribution is 2.07. The van der Waals surface area contributed by atoms with E-state index in [1.165, 1.54) is 7.11 Å². The quantitative estimate of drug-likeness (QED) is 0.414. The fourth-order valence-corrected chi connectivity index (χ4v) is 1.81. The van der Waals surface area contributed by atoms with Crippen LogP contribution in [0.1, 0.15) is 25.7 Å². The molecule has 0 bridgehead atoms. The summed E-state index contributed by atoms with van der Waals surface area (Å²) in [7, 11) is 1.25. The summed E-state index contributed by atoms with van der Waals surface area (Å²) in [4.78, 5) is 33.8. The molecule has 23 heavy (non-hydrogen) atoms. The maximum atomic E-state index is 11.7. The lowest BCUT2D eigenvalue weighted by Gasteiger charge is -2.05. The van der Waals surface area contributed by atoms with Gasteiger partial charge in [-0.25, -0.2) is 4.79 Å². The van der Waals surface area contributed by atoms with Crippen LogP contribution in [0.15, 0.2) is 42.5 Å². The first-order valence-electron chi connectivity index (χ1n) is 7.50. The Morgan fingerprint density at radius 2 is 1.78 bits per heavy atom. The van der Waals surface area contributed by atoms with Gasteiger partial charge in [0, 0.05) is 30.8 Å². The molecule has 0 fully saturated rings. The molecule has 0 unspecified atom stereocenters.